The highest BCUT2D eigenvalue weighted by Gasteiger charge is 2.37. The molecule has 0 atom stereocenters. The zero-order valence-electron chi connectivity index (χ0n) is 20.9. The number of nitrogens with zero attached hydrogens (tertiary/aromatic N) is 2. The van der Waals surface area contributed by atoms with Crippen LogP contribution in [0, 0.1) is 0 Å². The van der Waals surface area contributed by atoms with E-state index in [2.05, 4.69) is 19.1 Å². The number of ether oxygens (including phenoxy) is 2. The Morgan fingerprint density at radius 1 is 0.500 bits per heavy atom. The van der Waals surface area contributed by atoms with Crippen LogP contribution in [-0.2, 0) is 19.1 Å². The number of amides is 4. The molecule has 0 N–H and O–H groups in total. The molecule has 2 heterocycles. The van der Waals surface area contributed by atoms with Crippen LogP contribution in [0.5, 0.6) is 0 Å². The van der Waals surface area contributed by atoms with Gasteiger partial charge in [-0.25, -0.2) is 9.59 Å². The number of imide groups is 2. The molecule has 0 unspecified atom stereocenters. The summed E-state index contributed by atoms with van der Waals surface area (Å²) in [5.41, 5.74) is 1.23. The minimum atomic E-state index is -1.13. The molecule has 200 valence electrons. The summed E-state index contributed by atoms with van der Waals surface area (Å²) in [7, 11) is 2.19. The number of benzene rings is 4. The molecule has 0 radical (unpaired) electrons. The molecular formula is C28H18N2O10. The van der Waals surface area contributed by atoms with Crippen molar-refractivity contribution < 1.29 is 47.9 Å². The van der Waals surface area contributed by atoms with E-state index in [0.29, 0.717) is 43.2 Å². The van der Waals surface area contributed by atoms with Crippen LogP contribution in [0.2, 0.25) is 0 Å². The first-order valence-corrected chi connectivity index (χ1v) is 11.6. The number of carbonyl (C=O) groups excluding carboxylic acids is 6. The monoisotopic (exact) mass is 542 g/mol. The van der Waals surface area contributed by atoms with Crippen LogP contribution >= 0.6 is 0 Å². The number of hydrogen-bond donors (Lipinski definition) is 0. The van der Waals surface area contributed by atoms with Crippen molar-refractivity contribution in [2.75, 3.05) is 14.2 Å². The normalized spacial score (nSPS) is 13.6. The number of hydroxylamine groups is 4. The van der Waals surface area contributed by atoms with Crippen molar-refractivity contribution in [3.63, 3.8) is 0 Å². The standard InChI is InChI=1S/2C14H9NO5/c2*1-19-14(18)20-15-12(16)9-6-2-4-8-5-3-7-10(11(8)9)13(15)17/h2*2-7H,1H3. The molecule has 0 spiro atoms. The van der Waals surface area contributed by atoms with Gasteiger partial charge in [-0.05, 0) is 35.0 Å². The number of hydrogen-bond acceptors (Lipinski definition) is 10. The average molecular weight is 542 g/mol. The second-order valence-electron chi connectivity index (χ2n) is 8.32. The van der Waals surface area contributed by atoms with Gasteiger partial charge in [-0.2, -0.15) is 0 Å². The van der Waals surface area contributed by atoms with Crippen LogP contribution in [0.3, 0.4) is 0 Å². The largest absolute Gasteiger partial charge is 0.533 e. The Kier molecular flexibility index (Phi) is 6.58. The molecule has 12 nitrogen and oxygen atoms in total. The lowest BCUT2D eigenvalue weighted by atomic mass is 9.95. The average Bonchev–Trinajstić information content (AvgIpc) is 2.98. The summed E-state index contributed by atoms with van der Waals surface area (Å²) in [4.78, 5) is 80.5. The Labute approximate surface area is 225 Å². The van der Waals surface area contributed by atoms with E-state index in [1.807, 2.05) is 0 Å². The highest BCUT2D eigenvalue weighted by molar-refractivity contribution is 6.26. The Hall–Kier alpha value is -5.78. The van der Waals surface area contributed by atoms with Crippen molar-refractivity contribution in [1.29, 1.82) is 0 Å². The fourth-order valence-corrected chi connectivity index (χ4v) is 4.41. The summed E-state index contributed by atoms with van der Waals surface area (Å²) in [6.45, 7) is 0. The maximum absolute atomic E-state index is 12.2. The minimum absolute atomic E-state index is 0.307. The van der Waals surface area contributed by atoms with Crippen molar-refractivity contribution in [3.8, 4) is 0 Å². The smallest absolute Gasteiger partial charge is 0.436 e. The minimum Gasteiger partial charge on any atom is -0.436 e. The summed E-state index contributed by atoms with van der Waals surface area (Å²) in [5, 5.41) is 3.52. The Bertz CT molecular complexity index is 1530. The molecule has 12 heteroatoms. The summed E-state index contributed by atoms with van der Waals surface area (Å²) < 4.78 is 8.61. The predicted molar refractivity (Wildman–Crippen MR) is 136 cm³/mol. The van der Waals surface area contributed by atoms with Gasteiger partial charge in [0.1, 0.15) is 0 Å². The molecule has 0 aromatic heterocycles. The lowest BCUT2D eigenvalue weighted by Crippen LogP contribution is -2.41. The summed E-state index contributed by atoms with van der Waals surface area (Å²) in [5.74, 6) is -2.76. The van der Waals surface area contributed by atoms with Crippen molar-refractivity contribution in [3.05, 3.63) is 95.1 Å². The third-order valence-electron chi connectivity index (χ3n) is 6.13. The van der Waals surface area contributed by atoms with Gasteiger partial charge in [0, 0.05) is 10.8 Å². The van der Waals surface area contributed by atoms with E-state index in [1.165, 1.54) is 0 Å². The Balaban J connectivity index is 0.000000161. The zero-order valence-corrected chi connectivity index (χ0v) is 20.9. The van der Waals surface area contributed by atoms with Crippen LogP contribution in [0.15, 0.2) is 72.8 Å². The molecule has 0 fully saturated rings. The van der Waals surface area contributed by atoms with Crippen LogP contribution in [-0.4, -0.2) is 60.3 Å². The van der Waals surface area contributed by atoms with Crippen LogP contribution in [0.1, 0.15) is 41.4 Å². The first-order valence-electron chi connectivity index (χ1n) is 11.6. The molecule has 4 aromatic rings. The van der Waals surface area contributed by atoms with Gasteiger partial charge in [0.05, 0.1) is 36.5 Å². The lowest BCUT2D eigenvalue weighted by Gasteiger charge is -2.24. The molecule has 0 saturated carbocycles. The fourth-order valence-electron chi connectivity index (χ4n) is 4.41. The second kappa shape index (κ2) is 10.2. The van der Waals surface area contributed by atoms with Crippen LogP contribution in [0.4, 0.5) is 9.59 Å². The molecule has 0 bridgehead atoms. The summed E-state index contributed by atoms with van der Waals surface area (Å²) in [6.07, 6.45) is -2.25. The van der Waals surface area contributed by atoms with E-state index in [-0.39, 0.29) is 0 Å². The molecular weight excluding hydrogens is 524 g/mol. The van der Waals surface area contributed by atoms with E-state index in [0.717, 1.165) is 25.0 Å². The highest BCUT2D eigenvalue weighted by Crippen LogP contribution is 2.31. The molecule has 2 aliphatic rings. The van der Waals surface area contributed by atoms with Crippen molar-refractivity contribution in [2.45, 2.75) is 0 Å². The quantitative estimate of drug-likeness (QED) is 0.266. The Morgan fingerprint density at radius 3 is 1.02 bits per heavy atom. The predicted octanol–water partition coefficient (Wildman–Crippen LogP) is 4.27. The van der Waals surface area contributed by atoms with E-state index < -0.39 is 35.9 Å². The fraction of sp³-hybridized carbons (Fsp3) is 0.0714. The van der Waals surface area contributed by atoms with Gasteiger partial charge >= 0.3 is 12.3 Å². The van der Waals surface area contributed by atoms with Gasteiger partial charge in [0.25, 0.3) is 23.6 Å². The number of carbonyl (C=O) groups is 6. The number of rotatable bonds is 2. The van der Waals surface area contributed by atoms with Gasteiger partial charge in [-0.1, -0.05) is 58.7 Å². The van der Waals surface area contributed by atoms with Gasteiger partial charge in [0.15, 0.2) is 0 Å². The van der Waals surface area contributed by atoms with Crippen LogP contribution in [0.25, 0.3) is 21.5 Å². The van der Waals surface area contributed by atoms with Gasteiger partial charge in [-0.15, -0.1) is 0 Å². The molecule has 6 rings (SSSR count). The highest BCUT2D eigenvalue weighted by atomic mass is 16.8. The Morgan fingerprint density at radius 2 is 0.775 bits per heavy atom. The molecule has 2 aliphatic heterocycles. The first-order chi connectivity index (χ1) is 19.3. The third-order valence-corrected chi connectivity index (χ3v) is 6.13. The topological polar surface area (TPSA) is 146 Å². The summed E-state index contributed by atoms with van der Waals surface area (Å²) in [6, 6.07) is 20.3. The third kappa shape index (κ3) is 4.22. The first kappa shape index (κ1) is 25.9. The SMILES string of the molecule is COC(=O)ON1C(=O)c2cccc3cccc(c23)C1=O.COC(=O)ON1C(=O)c2cccc3cccc(c23)C1=O. The van der Waals surface area contributed by atoms with E-state index in [1.54, 1.807) is 72.8 Å². The molecule has 4 amide bonds. The van der Waals surface area contributed by atoms with Crippen molar-refractivity contribution in [1.82, 2.24) is 10.1 Å². The van der Waals surface area contributed by atoms with E-state index in [9.17, 15) is 28.8 Å². The molecule has 40 heavy (non-hydrogen) atoms. The van der Waals surface area contributed by atoms with Crippen molar-refractivity contribution >= 4 is 57.5 Å². The molecule has 4 aromatic carbocycles. The molecule has 0 aliphatic carbocycles. The zero-order chi connectivity index (χ0) is 28.6. The van der Waals surface area contributed by atoms with E-state index >= 15 is 0 Å². The summed E-state index contributed by atoms with van der Waals surface area (Å²) >= 11 is 0. The van der Waals surface area contributed by atoms with E-state index in [4.69, 9.17) is 0 Å². The second-order valence-corrected chi connectivity index (χ2v) is 8.32. The van der Waals surface area contributed by atoms with Gasteiger partial charge < -0.3 is 9.47 Å². The van der Waals surface area contributed by atoms with Crippen molar-refractivity contribution in [2.24, 2.45) is 0 Å². The molecule has 0 saturated heterocycles. The van der Waals surface area contributed by atoms with Gasteiger partial charge in [0.2, 0.25) is 0 Å². The number of methoxy groups -OCH3 is 2. The van der Waals surface area contributed by atoms with Crippen LogP contribution < -0.4 is 0 Å². The maximum Gasteiger partial charge on any atom is 0.533 e. The maximum atomic E-state index is 12.2. The van der Waals surface area contributed by atoms with Gasteiger partial charge in [-0.3, -0.25) is 28.9 Å². The lowest BCUT2D eigenvalue weighted by molar-refractivity contribution is -0.0726.